The molecule has 0 saturated heterocycles. The minimum Gasteiger partial charge on any atom is -0.466 e. The van der Waals surface area contributed by atoms with Crippen LogP contribution in [0.5, 0.6) is 0 Å². The van der Waals surface area contributed by atoms with E-state index in [0.29, 0.717) is 25.9 Å². The molecule has 90 heavy (non-hydrogen) atoms. The Kier molecular flexibility index (Phi) is 78.3. The van der Waals surface area contributed by atoms with Crippen molar-refractivity contribution < 1.29 is 24.5 Å². The quantitative estimate of drug-likeness (QED) is 0.0320. The van der Waals surface area contributed by atoms with E-state index in [9.17, 15) is 19.8 Å². The van der Waals surface area contributed by atoms with Gasteiger partial charge in [0, 0.05) is 12.8 Å². The van der Waals surface area contributed by atoms with Crippen LogP contribution in [-0.2, 0) is 14.3 Å². The number of hydrogen-bond acceptors (Lipinski definition) is 5. The van der Waals surface area contributed by atoms with Crippen molar-refractivity contribution in [2.75, 3.05) is 13.2 Å². The number of unbranched alkanes of at least 4 members (excludes halogenated alkanes) is 64. The summed E-state index contributed by atoms with van der Waals surface area (Å²) in [5.74, 6) is -0.00206. The summed E-state index contributed by atoms with van der Waals surface area (Å²) >= 11 is 0. The Bertz CT molecular complexity index is 1410. The van der Waals surface area contributed by atoms with E-state index in [4.69, 9.17) is 4.74 Å². The molecule has 0 heterocycles. The van der Waals surface area contributed by atoms with Crippen molar-refractivity contribution in [3.05, 3.63) is 24.3 Å². The normalized spacial score (nSPS) is 12.5. The number of esters is 1. The monoisotopic (exact) mass is 1270 g/mol. The van der Waals surface area contributed by atoms with Gasteiger partial charge in [-0.25, -0.2) is 0 Å². The smallest absolute Gasteiger partial charge is 0.305 e. The standard InChI is InChI=1S/C84H163NO5/c1-3-5-7-9-11-13-15-17-19-44-48-52-56-60-64-68-72-76-82(87)81(80-86)85-83(88)77-73-69-65-61-57-53-49-46-42-40-38-36-34-32-30-28-26-24-22-21-23-25-27-29-31-33-35-37-39-41-43-47-51-55-59-63-67-71-75-79-90-84(89)78-74-70-66-62-58-54-50-45-20-18-16-14-12-10-8-6-4-2/h21-22,25,27,81-82,86-87H,3-20,23-24,26,28-80H2,1-2H3,(H,85,88)/b22-21-,27-25-. The van der Waals surface area contributed by atoms with Crippen LogP contribution in [0, 0.1) is 0 Å². The number of aliphatic hydroxyl groups excluding tert-OH is 2. The number of aliphatic hydroxyl groups is 2. The fourth-order valence-electron chi connectivity index (χ4n) is 13.4. The van der Waals surface area contributed by atoms with E-state index in [-0.39, 0.29) is 18.5 Å². The van der Waals surface area contributed by atoms with E-state index >= 15 is 0 Å². The Morgan fingerprint density at radius 1 is 0.311 bits per heavy atom. The third kappa shape index (κ3) is 75.4. The first-order valence-corrected chi connectivity index (χ1v) is 41.6. The molecule has 0 radical (unpaired) electrons. The molecule has 0 aliphatic carbocycles. The highest BCUT2D eigenvalue weighted by molar-refractivity contribution is 5.76. The van der Waals surface area contributed by atoms with Crippen molar-refractivity contribution >= 4 is 11.9 Å². The van der Waals surface area contributed by atoms with Crippen LogP contribution >= 0.6 is 0 Å². The van der Waals surface area contributed by atoms with Crippen LogP contribution in [0.4, 0.5) is 0 Å². The minimum absolute atomic E-state index is 0.0254. The third-order valence-electron chi connectivity index (χ3n) is 19.8. The molecule has 3 N–H and O–H groups in total. The molecule has 2 unspecified atom stereocenters. The molecule has 0 aromatic carbocycles. The first-order valence-electron chi connectivity index (χ1n) is 41.6. The van der Waals surface area contributed by atoms with Gasteiger partial charge in [0.15, 0.2) is 0 Å². The van der Waals surface area contributed by atoms with Crippen molar-refractivity contribution in [3.63, 3.8) is 0 Å². The predicted octanol–water partition coefficient (Wildman–Crippen LogP) is 27.6. The Morgan fingerprint density at radius 3 is 0.844 bits per heavy atom. The van der Waals surface area contributed by atoms with Gasteiger partial charge in [-0.15, -0.1) is 0 Å². The molecule has 0 rings (SSSR count). The maximum Gasteiger partial charge on any atom is 0.305 e. The zero-order chi connectivity index (χ0) is 64.9. The lowest BCUT2D eigenvalue weighted by Gasteiger charge is -2.22. The maximum absolute atomic E-state index is 12.5. The van der Waals surface area contributed by atoms with Gasteiger partial charge in [-0.1, -0.05) is 430 Å². The second-order valence-electron chi connectivity index (χ2n) is 28.8. The molecule has 0 bridgehead atoms. The highest BCUT2D eigenvalue weighted by atomic mass is 16.5. The molecule has 0 aromatic heterocycles. The Morgan fingerprint density at radius 2 is 0.556 bits per heavy atom. The van der Waals surface area contributed by atoms with E-state index in [2.05, 4.69) is 43.5 Å². The topological polar surface area (TPSA) is 95.9 Å². The highest BCUT2D eigenvalue weighted by Crippen LogP contribution is 2.20. The fraction of sp³-hybridized carbons (Fsp3) is 0.929. The summed E-state index contributed by atoms with van der Waals surface area (Å²) < 4.78 is 5.52. The lowest BCUT2D eigenvalue weighted by Crippen LogP contribution is -2.45. The number of carbonyl (C=O) groups is 2. The second-order valence-corrected chi connectivity index (χ2v) is 28.8. The van der Waals surface area contributed by atoms with E-state index in [1.807, 2.05) is 0 Å². The van der Waals surface area contributed by atoms with Gasteiger partial charge in [-0.3, -0.25) is 9.59 Å². The van der Waals surface area contributed by atoms with Crippen LogP contribution in [0.3, 0.4) is 0 Å². The average Bonchev–Trinajstić information content (AvgIpc) is 3.69. The van der Waals surface area contributed by atoms with Gasteiger partial charge in [-0.05, 0) is 57.8 Å². The molecule has 0 aliphatic rings. The number of carbonyl (C=O) groups excluding carboxylic acids is 2. The number of allylic oxidation sites excluding steroid dienone is 4. The van der Waals surface area contributed by atoms with Crippen molar-refractivity contribution in [2.24, 2.45) is 0 Å². The summed E-state index contributed by atoms with van der Waals surface area (Å²) in [7, 11) is 0. The Labute approximate surface area is 564 Å². The van der Waals surface area contributed by atoms with Crippen molar-refractivity contribution in [1.82, 2.24) is 5.32 Å². The number of hydrogen-bond donors (Lipinski definition) is 3. The highest BCUT2D eigenvalue weighted by Gasteiger charge is 2.20. The van der Waals surface area contributed by atoms with Gasteiger partial charge >= 0.3 is 5.97 Å². The van der Waals surface area contributed by atoms with Crippen LogP contribution in [0.1, 0.15) is 476 Å². The summed E-state index contributed by atoms with van der Waals surface area (Å²) in [5.41, 5.74) is 0. The van der Waals surface area contributed by atoms with Crippen LogP contribution in [0.25, 0.3) is 0 Å². The summed E-state index contributed by atoms with van der Waals surface area (Å²) in [4.78, 5) is 24.7. The lowest BCUT2D eigenvalue weighted by atomic mass is 10.0. The second kappa shape index (κ2) is 79.8. The lowest BCUT2D eigenvalue weighted by molar-refractivity contribution is -0.143. The first-order chi connectivity index (χ1) is 44.5. The molecule has 0 spiro atoms. The molecule has 6 heteroatoms. The number of ether oxygens (including phenoxy) is 1. The molecule has 2 atom stereocenters. The first kappa shape index (κ1) is 88.3. The van der Waals surface area contributed by atoms with E-state index in [1.165, 1.54) is 398 Å². The number of rotatable bonds is 79. The SMILES string of the molecule is CCCCCCCCCCCCCCCCCCCC(=O)OCCCCCCCCCCCCCCCCC/C=C\C/C=C\CCCCCCCCCCCCCCCCCCCC(=O)NC(CO)C(O)CCCCCCCCCCCCCCCCCCC. The molecule has 0 saturated carbocycles. The average molecular weight is 1270 g/mol. The van der Waals surface area contributed by atoms with Gasteiger partial charge < -0.3 is 20.3 Å². The molecule has 6 nitrogen and oxygen atoms in total. The van der Waals surface area contributed by atoms with Gasteiger partial charge in [0.2, 0.25) is 5.91 Å². The largest absolute Gasteiger partial charge is 0.466 e. The van der Waals surface area contributed by atoms with E-state index in [1.54, 1.807) is 0 Å². The summed E-state index contributed by atoms with van der Waals surface area (Å²) in [5, 5.41) is 23.4. The van der Waals surface area contributed by atoms with E-state index < -0.39 is 12.1 Å². The predicted molar refractivity (Wildman–Crippen MR) is 398 cm³/mol. The Hall–Kier alpha value is -1.66. The molecule has 534 valence electrons. The molecule has 1 amide bonds. The van der Waals surface area contributed by atoms with Crippen LogP contribution in [0.15, 0.2) is 24.3 Å². The van der Waals surface area contributed by atoms with Gasteiger partial charge in [0.05, 0.1) is 25.4 Å². The van der Waals surface area contributed by atoms with Gasteiger partial charge in [0.1, 0.15) is 0 Å². The fourth-order valence-corrected chi connectivity index (χ4v) is 13.4. The molecule has 0 aromatic rings. The van der Waals surface area contributed by atoms with Crippen LogP contribution < -0.4 is 5.32 Å². The minimum atomic E-state index is -0.662. The number of amides is 1. The van der Waals surface area contributed by atoms with Crippen LogP contribution in [0.2, 0.25) is 0 Å². The zero-order valence-corrected chi connectivity index (χ0v) is 61.4. The van der Waals surface area contributed by atoms with Crippen molar-refractivity contribution in [2.45, 2.75) is 488 Å². The molecular formula is C84H163NO5. The molecule has 0 aliphatic heterocycles. The van der Waals surface area contributed by atoms with Crippen LogP contribution in [-0.4, -0.2) is 47.4 Å². The summed E-state index contributed by atoms with van der Waals surface area (Å²) in [6.45, 7) is 5.01. The van der Waals surface area contributed by atoms with E-state index in [0.717, 1.165) is 44.9 Å². The van der Waals surface area contributed by atoms with Crippen molar-refractivity contribution in [1.29, 1.82) is 0 Å². The van der Waals surface area contributed by atoms with Gasteiger partial charge in [0.25, 0.3) is 0 Å². The summed E-state index contributed by atoms with van der Waals surface area (Å²) in [6, 6.07) is -0.539. The van der Waals surface area contributed by atoms with Gasteiger partial charge in [-0.2, -0.15) is 0 Å². The zero-order valence-electron chi connectivity index (χ0n) is 61.4. The Balaban J connectivity index is 3.33. The maximum atomic E-state index is 12.5. The number of nitrogens with one attached hydrogen (secondary N) is 1. The summed E-state index contributed by atoms with van der Waals surface area (Å²) in [6.07, 6.45) is 103. The third-order valence-corrected chi connectivity index (χ3v) is 19.8. The molecule has 0 fully saturated rings. The molecular weight excluding hydrogens is 1100 g/mol. The van der Waals surface area contributed by atoms with Crippen molar-refractivity contribution in [3.8, 4) is 0 Å².